The van der Waals surface area contributed by atoms with Crippen LogP contribution < -0.4 is 16.8 Å². The van der Waals surface area contributed by atoms with Crippen molar-refractivity contribution in [3.05, 3.63) is 65.4 Å². The van der Waals surface area contributed by atoms with E-state index >= 15 is 0 Å². The van der Waals surface area contributed by atoms with E-state index in [9.17, 15) is 19.1 Å². The highest BCUT2D eigenvalue weighted by atomic mass is 19.1. The number of halogens is 1. The molecule has 6 N–H and O–H groups in total. The average Bonchev–Trinajstić information content (AvgIpc) is 3.02. The summed E-state index contributed by atoms with van der Waals surface area (Å²) in [6.07, 6.45) is 5.08. The molecular weight excluding hydrogens is 375 g/mol. The quantitative estimate of drug-likeness (QED) is 0.513. The van der Waals surface area contributed by atoms with Gasteiger partial charge in [-0.2, -0.15) is 0 Å². The third-order valence-corrected chi connectivity index (χ3v) is 4.65. The van der Waals surface area contributed by atoms with E-state index in [1.165, 1.54) is 35.5 Å². The highest BCUT2D eigenvalue weighted by molar-refractivity contribution is 5.83. The van der Waals surface area contributed by atoms with Gasteiger partial charge in [0.15, 0.2) is 0 Å². The van der Waals surface area contributed by atoms with Crippen LogP contribution in [0.4, 0.5) is 4.39 Å². The molecule has 7 nitrogen and oxygen atoms in total. The maximum Gasteiger partial charge on any atom is 0.229 e. The number of carbonyl (C=O) groups excluding carboxylic acids is 2. The van der Waals surface area contributed by atoms with Gasteiger partial charge < -0.3 is 26.8 Å². The number of hydrogen-bond acceptors (Lipinski definition) is 5. The molecule has 0 saturated carbocycles. The van der Waals surface area contributed by atoms with E-state index < -0.39 is 17.8 Å². The van der Waals surface area contributed by atoms with E-state index in [4.69, 9.17) is 11.5 Å². The first-order valence-corrected chi connectivity index (χ1v) is 9.29. The number of aliphatic hydroxyl groups excluding tert-OH is 1. The zero-order valence-electron chi connectivity index (χ0n) is 16.6. The van der Waals surface area contributed by atoms with Crippen molar-refractivity contribution in [3.8, 4) is 0 Å². The molecule has 29 heavy (non-hydrogen) atoms. The molecule has 1 aromatic carbocycles. The molecule has 1 heterocycles. The van der Waals surface area contributed by atoms with Crippen LogP contribution in [0, 0.1) is 11.7 Å². The number of nitrogens with zero attached hydrogens (tertiary/aromatic N) is 1. The Hall–Kier alpha value is -3.13. The summed E-state index contributed by atoms with van der Waals surface area (Å²) in [6, 6.07) is 4.48. The van der Waals surface area contributed by atoms with Gasteiger partial charge in [-0.15, -0.1) is 0 Å². The minimum Gasteiger partial charge on any atom is -0.405 e. The van der Waals surface area contributed by atoms with Gasteiger partial charge in [0.1, 0.15) is 5.82 Å². The second-order valence-corrected chi connectivity index (χ2v) is 7.02. The Kier molecular flexibility index (Phi) is 7.55. The van der Waals surface area contributed by atoms with Gasteiger partial charge in [-0.3, -0.25) is 9.59 Å². The third kappa shape index (κ3) is 5.92. The number of nitrogens with one attached hydrogen (secondary N) is 1. The molecule has 2 rings (SSSR count). The SMILES string of the molecule is C/C(=C\N)c1cc(F)cc(CNC(=O)C(C)/C=C(\C=C/N)N2CC(O)CC2=O)c1. The Morgan fingerprint density at radius 3 is 2.72 bits per heavy atom. The van der Waals surface area contributed by atoms with Crippen LogP contribution in [-0.4, -0.2) is 34.5 Å². The highest BCUT2D eigenvalue weighted by Crippen LogP contribution is 2.20. The number of carbonyl (C=O) groups is 2. The summed E-state index contributed by atoms with van der Waals surface area (Å²) in [4.78, 5) is 25.9. The predicted octanol–water partition coefficient (Wildman–Crippen LogP) is 1.35. The summed E-state index contributed by atoms with van der Waals surface area (Å²) in [7, 11) is 0. The van der Waals surface area contributed by atoms with Crippen LogP contribution in [-0.2, 0) is 16.1 Å². The average molecular weight is 402 g/mol. The maximum atomic E-state index is 13.8. The topological polar surface area (TPSA) is 122 Å². The molecule has 156 valence electrons. The second kappa shape index (κ2) is 9.88. The van der Waals surface area contributed by atoms with Crippen molar-refractivity contribution in [1.29, 1.82) is 0 Å². The number of benzene rings is 1. The predicted molar refractivity (Wildman–Crippen MR) is 109 cm³/mol. The lowest BCUT2D eigenvalue weighted by molar-refractivity contribution is -0.126. The van der Waals surface area contributed by atoms with E-state index in [1.54, 1.807) is 26.0 Å². The van der Waals surface area contributed by atoms with Crippen LogP contribution >= 0.6 is 0 Å². The monoisotopic (exact) mass is 402 g/mol. The van der Waals surface area contributed by atoms with Gasteiger partial charge in [0, 0.05) is 12.2 Å². The fraction of sp³-hybridized carbons (Fsp3) is 0.333. The van der Waals surface area contributed by atoms with E-state index in [1.807, 2.05) is 0 Å². The van der Waals surface area contributed by atoms with Crippen molar-refractivity contribution in [3.63, 3.8) is 0 Å². The van der Waals surface area contributed by atoms with Crippen molar-refractivity contribution in [2.24, 2.45) is 17.4 Å². The molecule has 8 heteroatoms. The van der Waals surface area contributed by atoms with Crippen LogP contribution in [0.25, 0.3) is 5.57 Å². The van der Waals surface area contributed by atoms with Crippen molar-refractivity contribution < 1.29 is 19.1 Å². The number of hydrogen-bond donors (Lipinski definition) is 4. The summed E-state index contributed by atoms with van der Waals surface area (Å²) in [5.74, 6) is -1.52. The molecule has 1 saturated heterocycles. The standard InChI is InChI=1S/C21H27FN4O3/c1-13(5-18(3-4-23)26-12-19(27)9-20(26)28)21(29)25-11-15-6-16(14(2)10-24)8-17(22)7-15/h3-8,10,13,19,27H,9,11-12,23-24H2,1-2H3,(H,25,29)/b4-3-,14-10+,18-5+. The Bertz CT molecular complexity index is 863. The number of nitrogens with two attached hydrogens (primary N) is 2. The molecule has 0 bridgehead atoms. The molecule has 2 unspecified atom stereocenters. The lowest BCUT2D eigenvalue weighted by Crippen LogP contribution is -2.30. The van der Waals surface area contributed by atoms with Crippen LogP contribution in [0.1, 0.15) is 31.4 Å². The molecule has 1 aliphatic rings. The zero-order chi connectivity index (χ0) is 21.6. The molecule has 1 fully saturated rings. The van der Waals surface area contributed by atoms with Crippen molar-refractivity contribution in [1.82, 2.24) is 10.2 Å². The number of β-amino-alcohol motifs (C(OH)–C–C–N with tert-alkyl or cyclic N) is 1. The second-order valence-electron chi connectivity index (χ2n) is 7.02. The van der Waals surface area contributed by atoms with Gasteiger partial charge in [-0.1, -0.05) is 6.92 Å². The Morgan fingerprint density at radius 2 is 2.14 bits per heavy atom. The smallest absolute Gasteiger partial charge is 0.229 e. The first kappa shape index (κ1) is 22.2. The molecule has 0 radical (unpaired) electrons. The maximum absolute atomic E-state index is 13.8. The number of aliphatic hydroxyl groups is 1. The van der Waals surface area contributed by atoms with E-state index in [-0.39, 0.29) is 31.3 Å². The lowest BCUT2D eigenvalue weighted by atomic mass is 10.0. The molecule has 0 aromatic heterocycles. The molecule has 0 spiro atoms. The Balaban J connectivity index is 2.09. The molecule has 2 atom stereocenters. The van der Waals surface area contributed by atoms with Gasteiger partial charge in [-0.25, -0.2) is 4.39 Å². The number of amides is 2. The van der Waals surface area contributed by atoms with E-state index in [0.29, 0.717) is 16.8 Å². The van der Waals surface area contributed by atoms with Crippen LogP contribution in [0.15, 0.2) is 48.4 Å². The summed E-state index contributed by atoms with van der Waals surface area (Å²) in [5.41, 5.74) is 13.4. The van der Waals surface area contributed by atoms with Crippen molar-refractivity contribution in [2.45, 2.75) is 32.9 Å². The molecule has 2 amide bonds. The van der Waals surface area contributed by atoms with Gasteiger partial charge in [0.05, 0.1) is 25.0 Å². The molecule has 1 aliphatic heterocycles. The first-order valence-electron chi connectivity index (χ1n) is 9.29. The Morgan fingerprint density at radius 1 is 1.41 bits per heavy atom. The summed E-state index contributed by atoms with van der Waals surface area (Å²) >= 11 is 0. The van der Waals surface area contributed by atoms with Crippen LogP contribution in [0.3, 0.4) is 0 Å². The Labute approximate surface area is 169 Å². The number of rotatable bonds is 7. The first-order chi connectivity index (χ1) is 13.7. The molecule has 1 aromatic rings. The zero-order valence-corrected chi connectivity index (χ0v) is 16.6. The summed E-state index contributed by atoms with van der Waals surface area (Å²) < 4.78 is 13.8. The summed E-state index contributed by atoms with van der Waals surface area (Å²) in [6.45, 7) is 3.74. The van der Waals surface area contributed by atoms with Gasteiger partial charge in [-0.05, 0) is 66.4 Å². The largest absolute Gasteiger partial charge is 0.405 e. The molecular formula is C21H27FN4O3. The minimum atomic E-state index is -0.741. The minimum absolute atomic E-state index is 0.0366. The third-order valence-electron chi connectivity index (χ3n) is 4.65. The van der Waals surface area contributed by atoms with Crippen molar-refractivity contribution in [2.75, 3.05) is 6.54 Å². The lowest BCUT2D eigenvalue weighted by Gasteiger charge is -2.19. The summed E-state index contributed by atoms with van der Waals surface area (Å²) in [5, 5.41) is 12.4. The van der Waals surface area contributed by atoms with E-state index in [0.717, 1.165) is 5.57 Å². The van der Waals surface area contributed by atoms with Crippen molar-refractivity contribution >= 4 is 17.4 Å². The highest BCUT2D eigenvalue weighted by Gasteiger charge is 2.30. The number of likely N-dealkylation sites (tertiary alicyclic amines) is 1. The van der Waals surface area contributed by atoms with E-state index in [2.05, 4.69) is 5.32 Å². The van der Waals surface area contributed by atoms with Gasteiger partial charge in [0.25, 0.3) is 0 Å². The fourth-order valence-electron chi connectivity index (χ4n) is 3.03. The number of allylic oxidation sites excluding steroid dienone is 2. The van der Waals surface area contributed by atoms with Crippen LogP contribution in [0.2, 0.25) is 0 Å². The van der Waals surface area contributed by atoms with Crippen LogP contribution in [0.5, 0.6) is 0 Å². The van der Waals surface area contributed by atoms with Gasteiger partial charge >= 0.3 is 0 Å². The van der Waals surface area contributed by atoms with Gasteiger partial charge in [0.2, 0.25) is 11.8 Å². The fourth-order valence-corrected chi connectivity index (χ4v) is 3.03. The normalized spacial score (nSPS) is 19.1. The molecule has 0 aliphatic carbocycles.